The Balaban J connectivity index is 1.84. The Hall–Kier alpha value is -1.41. The normalized spacial score (nSPS) is 19.0. The SMILES string of the molecule is C[C@H](O)CN1CCN(Cc2cccc(C#N)c2)CC1. The average Bonchev–Trinajstić information content (AvgIpc) is 2.41. The third-order valence-electron chi connectivity index (χ3n) is 3.45. The molecule has 1 atom stereocenters. The Morgan fingerprint density at radius 2 is 1.95 bits per heavy atom. The van der Waals surface area contributed by atoms with Crippen molar-refractivity contribution < 1.29 is 5.11 Å². The molecular weight excluding hydrogens is 238 g/mol. The molecule has 4 heteroatoms. The molecule has 1 heterocycles. The molecule has 0 saturated carbocycles. The van der Waals surface area contributed by atoms with E-state index in [2.05, 4.69) is 21.9 Å². The number of rotatable bonds is 4. The molecule has 1 saturated heterocycles. The van der Waals surface area contributed by atoms with Gasteiger partial charge in [0.15, 0.2) is 0 Å². The Kier molecular flexibility index (Phi) is 4.92. The van der Waals surface area contributed by atoms with Crippen LogP contribution in [0.1, 0.15) is 18.1 Å². The van der Waals surface area contributed by atoms with Gasteiger partial charge < -0.3 is 5.11 Å². The van der Waals surface area contributed by atoms with Crippen molar-refractivity contribution in [3.8, 4) is 6.07 Å². The number of nitriles is 1. The summed E-state index contributed by atoms with van der Waals surface area (Å²) in [6.45, 7) is 7.54. The van der Waals surface area contributed by atoms with Gasteiger partial charge in [0.05, 0.1) is 17.7 Å². The average molecular weight is 259 g/mol. The van der Waals surface area contributed by atoms with E-state index >= 15 is 0 Å². The smallest absolute Gasteiger partial charge is 0.0991 e. The minimum Gasteiger partial charge on any atom is -0.392 e. The molecule has 0 amide bonds. The summed E-state index contributed by atoms with van der Waals surface area (Å²) in [4.78, 5) is 4.70. The van der Waals surface area contributed by atoms with Crippen molar-refractivity contribution >= 4 is 0 Å². The van der Waals surface area contributed by atoms with E-state index < -0.39 is 0 Å². The summed E-state index contributed by atoms with van der Waals surface area (Å²) in [6.07, 6.45) is -0.251. The van der Waals surface area contributed by atoms with Crippen LogP contribution >= 0.6 is 0 Å². The monoisotopic (exact) mass is 259 g/mol. The highest BCUT2D eigenvalue weighted by atomic mass is 16.3. The zero-order valence-electron chi connectivity index (χ0n) is 11.4. The molecule has 1 aromatic carbocycles. The standard InChI is InChI=1S/C15H21N3O/c1-13(19)11-17-5-7-18(8-6-17)12-15-4-2-3-14(9-15)10-16/h2-4,9,13,19H,5-8,11-12H2,1H3/t13-/m0/s1. The molecule has 1 aliphatic heterocycles. The Labute approximate surface area is 114 Å². The highest BCUT2D eigenvalue weighted by Crippen LogP contribution is 2.10. The molecular formula is C15H21N3O. The van der Waals surface area contributed by atoms with Gasteiger partial charge >= 0.3 is 0 Å². The molecule has 102 valence electrons. The fraction of sp³-hybridized carbons (Fsp3) is 0.533. The predicted octanol–water partition coefficient (Wildman–Crippen LogP) is 1.06. The van der Waals surface area contributed by atoms with Gasteiger partial charge in [0.1, 0.15) is 0 Å². The summed E-state index contributed by atoms with van der Waals surface area (Å²) in [5.41, 5.74) is 1.92. The van der Waals surface area contributed by atoms with Crippen molar-refractivity contribution in [1.82, 2.24) is 9.80 Å². The van der Waals surface area contributed by atoms with E-state index in [9.17, 15) is 5.11 Å². The van der Waals surface area contributed by atoms with Crippen LogP contribution in [0.4, 0.5) is 0 Å². The molecule has 0 aromatic heterocycles. The predicted molar refractivity (Wildman–Crippen MR) is 74.6 cm³/mol. The maximum atomic E-state index is 9.38. The molecule has 0 spiro atoms. The van der Waals surface area contributed by atoms with E-state index in [0.29, 0.717) is 0 Å². The Morgan fingerprint density at radius 1 is 1.26 bits per heavy atom. The Morgan fingerprint density at radius 3 is 2.58 bits per heavy atom. The molecule has 1 N–H and O–H groups in total. The molecule has 1 aromatic rings. The molecule has 0 aliphatic carbocycles. The van der Waals surface area contributed by atoms with Crippen molar-refractivity contribution in [3.63, 3.8) is 0 Å². The fourth-order valence-electron chi connectivity index (χ4n) is 2.50. The first kappa shape index (κ1) is 14.0. The maximum absolute atomic E-state index is 9.38. The van der Waals surface area contributed by atoms with Gasteiger partial charge in [-0.3, -0.25) is 9.80 Å². The van der Waals surface area contributed by atoms with Gasteiger partial charge in [0, 0.05) is 39.3 Å². The third-order valence-corrected chi connectivity index (χ3v) is 3.45. The van der Waals surface area contributed by atoms with Crippen LogP contribution in [0.2, 0.25) is 0 Å². The van der Waals surface area contributed by atoms with Crippen LogP contribution in [-0.2, 0) is 6.54 Å². The van der Waals surface area contributed by atoms with Gasteiger partial charge in [0.25, 0.3) is 0 Å². The van der Waals surface area contributed by atoms with Gasteiger partial charge in [-0.05, 0) is 24.6 Å². The van der Waals surface area contributed by atoms with Gasteiger partial charge in [-0.1, -0.05) is 12.1 Å². The summed E-state index contributed by atoms with van der Waals surface area (Å²) >= 11 is 0. The van der Waals surface area contributed by atoms with Gasteiger partial charge in [0.2, 0.25) is 0 Å². The van der Waals surface area contributed by atoms with Crippen molar-refractivity contribution in [1.29, 1.82) is 5.26 Å². The van der Waals surface area contributed by atoms with Crippen molar-refractivity contribution in [2.75, 3.05) is 32.7 Å². The second-order valence-electron chi connectivity index (χ2n) is 5.24. The van der Waals surface area contributed by atoms with E-state index in [1.807, 2.05) is 25.1 Å². The molecule has 4 nitrogen and oxygen atoms in total. The lowest BCUT2D eigenvalue weighted by Crippen LogP contribution is -2.47. The first-order valence-electron chi connectivity index (χ1n) is 6.79. The van der Waals surface area contributed by atoms with Crippen LogP contribution in [0.3, 0.4) is 0 Å². The zero-order valence-corrected chi connectivity index (χ0v) is 11.4. The zero-order chi connectivity index (χ0) is 13.7. The van der Waals surface area contributed by atoms with Gasteiger partial charge in [-0.15, -0.1) is 0 Å². The van der Waals surface area contributed by atoms with E-state index in [4.69, 9.17) is 5.26 Å². The third kappa shape index (κ3) is 4.32. The van der Waals surface area contributed by atoms with Crippen molar-refractivity contribution in [2.24, 2.45) is 0 Å². The summed E-state index contributed by atoms with van der Waals surface area (Å²) in [7, 11) is 0. The summed E-state index contributed by atoms with van der Waals surface area (Å²) < 4.78 is 0. The van der Waals surface area contributed by atoms with E-state index in [-0.39, 0.29) is 6.10 Å². The number of aliphatic hydroxyl groups is 1. The molecule has 19 heavy (non-hydrogen) atoms. The number of hydrogen-bond donors (Lipinski definition) is 1. The fourth-order valence-corrected chi connectivity index (χ4v) is 2.50. The highest BCUT2D eigenvalue weighted by molar-refractivity contribution is 5.32. The van der Waals surface area contributed by atoms with E-state index in [1.54, 1.807) is 0 Å². The number of β-amino-alcohol motifs (C(OH)–C–C–N with tert-alkyl or cyclic N) is 1. The second-order valence-corrected chi connectivity index (χ2v) is 5.24. The minimum atomic E-state index is -0.251. The lowest BCUT2D eigenvalue weighted by Gasteiger charge is -2.35. The quantitative estimate of drug-likeness (QED) is 0.878. The topological polar surface area (TPSA) is 50.5 Å². The summed E-state index contributed by atoms with van der Waals surface area (Å²) in [5, 5.41) is 18.3. The first-order chi connectivity index (χ1) is 9.17. The Bertz CT molecular complexity index is 445. The van der Waals surface area contributed by atoms with Crippen molar-refractivity contribution in [3.05, 3.63) is 35.4 Å². The molecule has 0 bridgehead atoms. The molecule has 2 rings (SSSR count). The number of aliphatic hydroxyl groups excluding tert-OH is 1. The summed E-state index contributed by atoms with van der Waals surface area (Å²) in [5.74, 6) is 0. The highest BCUT2D eigenvalue weighted by Gasteiger charge is 2.17. The van der Waals surface area contributed by atoms with Crippen LogP contribution in [0.5, 0.6) is 0 Å². The lowest BCUT2D eigenvalue weighted by atomic mass is 10.1. The van der Waals surface area contributed by atoms with E-state index in [0.717, 1.165) is 44.8 Å². The molecule has 1 aliphatic rings. The summed E-state index contributed by atoms with van der Waals surface area (Å²) in [6, 6.07) is 9.99. The molecule has 0 radical (unpaired) electrons. The van der Waals surface area contributed by atoms with Crippen LogP contribution < -0.4 is 0 Å². The van der Waals surface area contributed by atoms with Crippen LogP contribution in [0.25, 0.3) is 0 Å². The second kappa shape index (κ2) is 6.67. The molecule has 1 fully saturated rings. The first-order valence-corrected chi connectivity index (χ1v) is 6.79. The van der Waals surface area contributed by atoms with Crippen LogP contribution in [0.15, 0.2) is 24.3 Å². The van der Waals surface area contributed by atoms with E-state index in [1.165, 1.54) is 5.56 Å². The van der Waals surface area contributed by atoms with Gasteiger partial charge in [-0.25, -0.2) is 0 Å². The number of nitrogens with zero attached hydrogens (tertiary/aromatic N) is 3. The van der Waals surface area contributed by atoms with Crippen LogP contribution in [-0.4, -0.2) is 53.7 Å². The maximum Gasteiger partial charge on any atom is 0.0991 e. The largest absolute Gasteiger partial charge is 0.392 e. The number of benzene rings is 1. The van der Waals surface area contributed by atoms with Crippen molar-refractivity contribution in [2.45, 2.75) is 19.6 Å². The number of hydrogen-bond acceptors (Lipinski definition) is 4. The minimum absolute atomic E-state index is 0.251. The van der Waals surface area contributed by atoms with Crippen LogP contribution in [0, 0.1) is 11.3 Å². The number of piperazine rings is 1. The lowest BCUT2D eigenvalue weighted by molar-refractivity contribution is 0.0781. The molecule has 0 unspecified atom stereocenters. The van der Waals surface area contributed by atoms with Gasteiger partial charge in [-0.2, -0.15) is 5.26 Å².